The Morgan fingerprint density at radius 2 is 2.24 bits per heavy atom. The fourth-order valence-electron chi connectivity index (χ4n) is 2.32. The molecular formula is C15H13N5OS4. The molecule has 6 nitrogen and oxygen atoms in total. The van der Waals surface area contributed by atoms with Gasteiger partial charge in [0.25, 0.3) is 5.91 Å². The number of carbonyl (C=O) groups is 1. The zero-order chi connectivity index (χ0) is 17.4. The van der Waals surface area contributed by atoms with Crippen LogP contribution in [0.15, 0.2) is 27.9 Å². The SMILES string of the molecule is Cc1nn(C)c2sc(C(=O)Nc3nnc(SCc4cccs4)s3)cc12. The molecule has 0 aliphatic heterocycles. The van der Waals surface area contributed by atoms with Crippen molar-refractivity contribution < 1.29 is 4.79 Å². The normalized spacial score (nSPS) is 11.3. The van der Waals surface area contributed by atoms with E-state index in [2.05, 4.69) is 32.1 Å². The van der Waals surface area contributed by atoms with Gasteiger partial charge in [-0.3, -0.25) is 14.8 Å². The summed E-state index contributed by atoms with van der Waals surface area (Å²) in [7, 11) is 1.88. The minimum Gasteiger partial charge on any atom is -0.296 e. The van der Waals surface area contributed by atoms with Crippen LogP contribution in [0, 0.1) is 6.92 Å². The lowest BCUT2D eigenvalue weighted by Gasteiger charge is -1.97. The van der Waals surface area contributed by atoms with Gasteiger partial charge in [0, 0.05) is 23.1 Å². The van der Waals surface area contributed by atoms with Gasteiger partial charge in [-0.05, 0) is 24.4 Å². The monoisotopic (exact) mass is 407 g/mol. The second kappa shape index (κ2) is 6.87. The number of thiophene rings is 2. The van der Waals surface area contributed by atoms with Crippen LogP contribution in [0.2, 0.25) is 0 Å². The number of aromatic nitrogens is 4. The summed E-state index contributed by atoms with van der Waals surface area (Å²) in [6, 6.07) is 6.01. The van der Waals surface area contributed by atoms with Crippen molar-refractivity contribution in [2.45, 2.75) is 17.0 Å². The molecule has 0 saturated heterocycles. The molecular weight excluding hydrogens is 394 g/mol. The van der Waals surface area contributed by atoms with E-state index in [1.165, 1.54) is 27.6 Å². The highest BCUT2D eigenvalue weighted by Crippen LogP contribution is 2.31. The molecule has 0 unspecified atom stereocenters. The third-order valence-electron chi connectivity index (χ3n) is 3.46. The Kier molecular flexibility index (Phi) is 4.59. The lowest BCUT2D eigenvalue weighted by atomic mass is 10.3. The minimum atomic E-state index is -0.161. The predicted octanol–water partition coefficient (Wildman–Crippen LogP) is 4.40. The van der Waals surface area contributed by atoms with Gasteiger partial charge in [0.05, 0.1) is 10.6 Å². The Bertz CT molecular complexity index is 996. The molecule has 0 spiro atoms. The van der Waals surface area contributed by atoms with Crippen molar-refractivity contribution in [3.63, 3.8) is 0 Å². The molecule has 1 amide bonds. The van der Waals surface area contributed by atoms with E-state index in [-0.39, 0.29) is 5.91 Å². The van der Waals surface area contributed by atoms with Crippen LogP contribution in [0.1, 0.15) is 20.2 Å². The first kappa shape index (κ1) is 16.7. The lowest BCUT2D eigenvalue weighted by molar-refractivity contribution is 0.103. The number of fused-ring (bicyclic) bond motifs is 1. The number of nitrogens with zero attached hydrogens (tertiary/aromatic N) is 4. The Morgan fingerprint density at radius 3 is 3.00 bits per heavy atom. The van der Waals surface area contributed by atoms with Crippen LogP contribution in [0.5, 0.6) is 0 Å². The van der Waals surface area contributed by atoms with Crippen LogP contribution < -0.4 is 5.32 Å². The number of anilines is 1. The number of rotatable bonds is 5. The maximum atomic E-state index is 12.5. The van der Waals surface area contributed by atoms with Gasteiger partial charge in [-0.25, -0.2) is 0 Å². The molecule has 10 heteroatoms. The number of carbonyl (C=O) groups excluding carboxylic acids is 1. The van der Waals surface area contributed by atoms with E-state index in [0.717, 1.165) is 26.0 Å². The summed E-state index contributed by atoms with van der Waals surface area (Å²) in [5, 5.41) is 19.0. The average Bonchev–Trinajstić information content (AvgIpc) is 3.34. The first-order valence-corrected chi connectivity index (χ1v) is 10.8. The summed E-state index contributed by atoms with van der Waals surface area (Å²) in [5.41, 5.74) is 0.927. The number of aryl methyl sites for hydroxylation is 2. The number of amides is 1. The first-order chi connectivity index (χ1) is 12.1. The number of nitrogens with one attached hydrogen (secondary N) is 1. The van der Waals surface area contributed by atoms with Gasteiger partial charge in [-0.15, -0.1) is 32.9 Å². The Morgan fingerprint density at radius 1 is 1.36 bits per heavy atom. The van der Waals surface area contributed by atoms with Crippen LogP contribution in [0.3, 0.4) is 0 Å². The molecule has 0 bridgehead atoms. The molecule has 0 aromatic carbocycles. The molecule has 0 fully saturated rings. The summed E-state index contributed by atoms with van der Waals surface area (Å²) in [4.78, 5) is 15.4. The van der Waals surface area contributed by atoms with E-state index in [0.29, 0.717) is 10.0 Å². The second-order valence-electron chi connectivity index (χ2n) is 5.23. The minimum absolute atomic E-state index is 0.161. The summed E-state index contributed by atoms with van der Waals surface area (Å²) < 4.78 is 2.65. The van der Waals surface area contributed by atoms with Crippen molar-refractivity contribution in [3.8, 4) is 0 Å². The van der Waals surface area contributed by atoms with Gasteiger partial charge in [0.2, 0.25) is 5.13 Å². The lowest BCUT2D eigenvalue weighted by Crippen LogP contribution is -2.09. The highest BCUT2D eigenvalue weighted by molar-refractivity contribution is 8.00. The van der Waals surface area contributed by atoms with Crippen molar-refractivity contribution in [3.05, 3.63) is 39.0 Å². The Labute approximate surface area is 159 Å². The third-order valence-corrected chi connectivity index (χ3v) is 7.75. The predicted molar refractivity (Wildman–Crippen MR) is 105 cm³/mol. The molecule has 0 saturated carbocycles. The summed E-state index contributed by atoms with van der Waals surface area (Å²) >= 11 is 6.17. The van der Waals surface area contributed by atoms with Crippen molar-refractivity contribution in [1.29, 1.82) is 0 Å². The number of hydrogen-bond donors (Lipinski definition) is 1. The molecule has 25 heavy (non-hydrogen) atoms. The maximum Gasteiger partial charge on any atom is 0.267 e. The first-order valence-electron chi connectivity index (χ1n) is 7.33. The van der Waals surface area contributed by atoms with Gasteiger partial charge in [-0.1, -0.05) is 29.2 Å². The molecule has 128 valence electrons. The van der Waals surface area contributed by atoms with E-state index >= 15 is 0 Å². The fourth-order valence-corrected chi connectivity index (χ4v) is 5.86. The zero-order valence-electron chi connectivity index (χ0n) is 13.3. The van der Waals surface area contributed by atoms with Crippen LogP contribution >= 0.6 is 45.8 Å². The zero-order valence-corrected chi connectivity index (χ0v) is 16.6. The smallest absolute Gasteiger partial charge is 0.267 e. The summed E-state index contributed by atoms with van der Waals surface area (Å²) in [6.45, 7) is 1.94. The number of hydrogen-bond acceptors (Lipinski definition) is 8. The molecule has 4 aromatic rings. The van der Waals surface area contributed by atoms with Crippen LogP contribution in [-0.2, 0) is 12.8 Å². The van der Waals surface area contributed by atoms with Gasteiger partial charge in [-0.2, -0.15) is 5.10 Å². The molecule has 4 aromatic heterocycles. The summed E-state index contributed by atoms with van der Waals surface area (Å²) in [5.74, 6) is 0.703. The van der Waals surface area contributed by atoms with Crippen molar-refractivity contribution in [2.24, 2.45) is 7.05 Å². The van der Waals surface area contributed by atoms with Crippen molar-refractivity contribution in [2.75, 3.05) is 5.32 Å². The highest BCUT2D eigenvalue weighted by Gasteiger charge is 2.16. The average molecular weight is 408 g/mol. The van der Waals surface area contributed by atoms with Crippen molar-refractivity contribution >= 4 is 67.0 Å². The topological polar surface area (TPSA) is 72.7 Å². The molecule has 0 atom stereocenters. The standard InChI is InChI=1S/C15H13N5OS4/c1-8-10-6-11(24-13(10)20(2)19-8)12(21)16-14-17-18-15(25-14)23-7-9-4-3-5-22-9/h3-6H,7H2,1-2H3,(H,16,17,21). The molecule has 1 N–H and O–H groups in total. The third kappa shape index (κ3) is 3.47. The van der Waals surface area contributed by atoms with Gasteiger partial charge in [0.15, 0.2) is 4.34 Å². The largest absolute Gasteiger partial charge is 0.296 e. The van der Waals surface area contributed by atoms with Gasteiger partial charge < -0.3 is 0 Å². The van der Waals surface area contributed by atoms with E-state index < -0.39 is 0 Å². The maximum absolute atomic E-state index is 12.5. The van der Waals surface area contributed by atoms with Crippen LogP contribution in [0.25, 0.3) is 10.2 Å². The van der Waals surface area contributed by atoms with Crippen LogP contribution in [-0.4, -0.2) is 25.9 Å². The van der Waals surface area contributed by atoms with Gasteiger partial charge >= 0.3 is 0 Å². The molecule has 0 radical (unpaired) electrons. The Balaban J connectivity index is 1.44. The molecule has 0 aliphatic rings. The van der Waals surface area contributed by atoms with E-state index in [1.54, 1.807) is 27.8 Å². The highest BCUT2D eigenvalue weighted by atomic mass is 32.2. The van der Waals surface area contributed by atoms with E-state index in [9.17, 15) is 4.79 Å². The summed E-state index contributed by atoms with van der Waals surface area (Å²) in [6.07, 6.45) is 0. The van der Waals surface area contributed by atoms with Gasteiger partial charge in [0.1, 0.15) is 4.83 Å². The second-order valence-corrected chi connectivity index (χ2v) is 9.50. The van der Waals surface area contributed by atoms with Crippen molar-refractivity contribution in [1.82, 2.24) is 20.0 Å². The quantitative estimate of drug-likeness (QED) is 0.392. The molecule has 4 heterocycles. The Hall–Kier alpha value is -1.75. The molecule has 4 rings (SSSR count). The van der Waals surface area contributed by atoms with E-state index in [1.807, 2.05) is 26.1 Å². The van der Waals surface area contributed by atoms with E-state index in [4.69, 9.17) is 0 Å². The number of thioether (sulfide) groups is 1. The fraction of sp³-hybridized carbons (Fsp3) is 0.200. The van der Waals surface area contributed by atoms with Crippen LogP contribution in [0.4, 0.5) is 5.13 Å². The molecule has 0 aliphatic carbocycles.